The maximum atomic E-state index is 10.5. The predicted octanol–water partition coefficient (Wildman–Crippen LogP) is 1.28. The maximum Gasteiger partial charge on any atom is 0.340 e. The van der Waals surface area contributed by atoms with E-state index in [4.69, 9.17) is 9.63 Å². The van der Waals surface area contributed by atoms with Crippen molar-refractivity contribution in [3.05, 3.63) is 17.5 Å². The number of aromatic nitrogens is 1. The van der Waals surface area contributed by atoms with E-state index >= 15 is 0 Å². The molecule has 0 bridgehead atoms. The van der Waals surface area contributed by atoms with E-state index in [-0.39, 0.29) is 5.56 Å². The number of rotatable bonds is 4. The van der Waals surface area contributed by atoms with Crippen LogP contribution in [-0.2, 0) is 6.42 Å². The lowest BCUT2D eigenvalue weighted by atomic mass is 10.2. The SMILES string of the molecule is CSCCc1oncc1C(=O)O. The van der Waals surface area contributed by atoms with Crippen molar-refractivity contribution in [2.24, 2.45) is 0 Å². The highest BCUT2D eigenvalue weighted by molar-refractivity contribution is 7.98. The summed E-state index contributed by atoms with van der Waals surface area (Å²) in [6.45, 7) is 0. The van der Waals surface area contributed by atoms with Gasteiger partial charge in [-0.25, -0.2) is 4.79 Å². The number of hydrogen-bond donors (Lipinski definition) is 1. The van der Waals surface area contributed by atoms with Crippen molar-refractivity contribution in [3.8, 4) is 0 Å². The molecule has 0 saturated carbocycles. The van der Waals surface area contributed by atoms with Crippen molar-refractivity contribution in [2.45, 2.75) is 6.42 Å². The number of thioether (sulfide) groups is 1. The van der Waals surface area contributed by atoms with Gasteiger partial charge in [0.25, 0.3) is 0 Å². The topological polar surface area (TPSA) is 63.3 Å². The molecule has 0 unspecified atom stereocenters. The largest absolute Gasteiger partial charge is 0.478 e. The van der Waals surface area contributed by atoms with Crippen molar-refractivity contribution in [1.29, 1.82) is 0 Å². The standard InChI is InChI=1S/C7H9NO3S/c1-12-3-2-6-5(7(9)10)4-8-11-6/h4H,2-3H2,1H3,(H,9,10). The number of carbonyl (C=O) groups is 1. The minimum absolute atomic E-state index is 0.170. The molecule has 0 aliphatic heterocycles. The second-order valence-electron chi connectivity index (χ2n) is 2.21. The van der Waals surface area contributed by atoms with Gasteiger partial charge in [-0.2, -0.15) is 11.8 Å². The first-order chi connectivity index (χ1) is 5.75. The molecule has 1 rings (SSSR count). The van der Waals surface area contributed by atoms with Crippen LogP contribution in [0.2, 0.25) is 0 Å². The van der Waals surface area contributed by atoms with E-state index in [0.29, 0.717) is 12.2 Å². The quantitative estimate of drug-likeness (QED) is 0.769. The monoisotopic (exact) mass is 187 g/mol. The molecule has 0 atom stereocenters. The molecular formula is C7H9NO3S. The normalized spacial score (nSPS) is 10.1. The van der Waals surface area contributed by atoms with Crippen LogP contribution < -0.4 is 0 Å². The van der Waals surface area contributed by atoms with Crippen LogP contribution in [0, 0.1) is 0 Å². The lowest BCUT2D eigenvalue weighted by molar-refractivity contribution is 0.0694. The molecule has 0 aliphatic rings. The summed E-state index contributed by atoms with van der Waals surface area (Å²) in [6, 6.07) is 0. The third-order valence-corrected chi connectivity index (χ3v) is 2.02. The van der Waals surface area contributed by atoms with Gasteiger partial charge in [0, 0.05) is 12.2 Å². The average Bonchev–Trinajstić information content (AvgIpc) is 2.48. The van der Waals surface area contributed by atoms with Crippen LogP contribution in [0.1, 0.15) is 16.1 Å². The van der Waals surface area contributed by atoms with Crippen molar-refractivity contribution in [2.75, 3.05) is 12.0 Å². The Labute approximate surface area is 73.9 Å². The van der Waals surface area contributed by atoms with Gasteiger partial charge < -0.3 is 9.63 Å². The van der Waals surface area contributed by atoms with Crippen molar-refractivity contribution < 1.29 is 14.4 Å². The third kappa shape index (κ3) is 2.01. The molecular weight excluding hydrogens is 178 g/mol. The minimum atomic E-state index is -0.979. The van der Waals surface area contributed by atoms with E-state index in [1.54, 1.807) is 11.8 Å². The average molecular weight is 187 g/mol. The Morgan fingerprint density at radius 1 is 1.83 bits per heavy atom. The zero-order valence-corrected chi connectivity index (χ0v) is 7.43. The first-order valence-electron chi connectivity index (χ1n) is 3.41. The highest BCUT2D eigenvalue weighted by Gasteiger charge is 2.13. The zero-order chi connectivity index (χ0) is 8.97. The van der Waals surface area contributed by atoms with Crippen LogP contribution in [0.4, 0.5) is 0 Å². The predicted molar refractivity (Wildman–Crippen MR) is 45.5 cm³/mol. The molecule has 1 aromatic rings. The van der Waals surface area contributed by atoms with Gasteiger partial charge in [-0.1, -0.05) is 5.16 Å². The number of aryl methyl sites for hydroxylation is 1. The molecule has 0 fully saturated rings. The summed E-state index contributed by atoms with van der Waals surface area (Å²) in [5, 5.41) is 12.1. The highest BCUT2D eigenvalue weighted by atomic mass is 32.2. The zero-order valence-electron chi connectivity index (χ0n) is 6.61. The van der Waals surface area contributed by atoms with Gasteiger partial charge in [0.05, 0.1) is 6.20 Å². The first-order valence-corrected chi connectivity index (χ1v) is 4.81. The summed E-state index contributed by atoms with van der Waals surface area (Å²) in [5.74, 6) is 0.319. The Hall–Kier alpha value is -0.970. The lowest BCUT2D eigenvalue weighted by Gasteiger charge is -1.93. The Morgan fingerprint density at radius 3 is 3.17 bits per heavy atom. The minimum Gasteiger partial charge on any atom is -0.478 e. The molecule has 5 heteroatoms. The summed E-state index contributed by atoms with van der Waals surface area (Å²) >= 11 is 1.64. The lowest BCUT2D eigenvalue weighted by Crippen LogP contribution is -1.99. The fourth-order valence-corrected chi connectivity index (χ4v) is 1.20. The Morgan fingerprint density at radius 2 is 2.58 bits per heavy atom. The van der Waals surface area contributed by atoms with E-state index < -0.39 is 5.97 Å². The van der Waals surface area contributed by atoms with Crippen LogP contribution in [-0.4, -0.2) is 28.2 Å². The highest BCUT2D eigenvalue weighted by Crippen LogP contribution is 2.10. The summed E-state index contributed by atoms with van der Waals surface area (Å²) in [5.41, 5.74) is 0.170. The molecule has 12 heavy (non-hydrogen) atoms. The molecule has 0 spiro atoms. The van der Waals surface area contributed by atoms with Gasteiger partial charge in [-0.3, -0.25) is 0 Å². The Bertz CT molecular complexity index is 271. The molecule has 0 aliphatic carbocycles. The number of aromatic carboxylic acids is 1. The summed E-state index contributed by atoms with van der Waals surface area (Å²) in [6.07, 6.45) is 3.80. The number of carboxylic acid groups (broad SMARTS) is 1. The van der Waals surface area contributed by atoms with E-state index in [9.17, 15) is 4.79 Å². The molecule has 1 N–H and O–H groups in total. The fourth-order valence-electron chi connectivity index (χ4n) is 0.813. The molecule has 66 valence electrons. The van der Waals surface area contributed by atoms with Crippen LogP contribution in [0.25, 0.3) is 0 Å². The molecule has 1 aromatic heterocycles. The first kappa shape index (κ1) is 9.12. The summed E-state index contributed by atoms with van der Waals surface area (Å²) in [7, 11) is 0. The second-order valence-corrected chi connectivity index (χ2v) is 3.20. The molecule has 4 nitrogen and oxygen atoms in total. The van der Waals surface area contributed by atoms with Gasteiger partial charge in [-0.05, 0) is 6.26 Å². The van der Waals surface area contributed by atoms with E-state index in [1.165, 1.54) is 6.20 Å². The summed E-state index contributed by atoms with van der Waals surface area (Å²) in [4.78, 5) is 10.5. The smallest absolute Gasteiger partial charge is 0.340 e. The van der Waals surface area contributed by atoms with Crippen molar-refractivity contribution in [3.63, 3.8) is 0 Å². The molecule has 0 saturated heterocycles. The van der Waals surface area contributed by atoms with Crippen molar-refractivity contribution in [1.82, 2.24) is 5.16 Å². The van der Waals surface area contributed by atoms with Crippen LogP contribution in [0.5, 0.6) is 0 Å². The van der Waals surface area contributed by atoms with Crippen molar-refractivity contribution >= 4 is 17.7 Å². The molecule has 1 heterocycles. The third-order valence-electron chi connectivity index (χ3n) is 1.41. The maximum absolute atomic E-state index is 10.5. The van der Waals surface area contributed by atoms with Crippen LogP contribution in [0.3, 0.4) is 0 Å². The Balaban J connectivity index is 2.70. The van der Waals surface area contributed by atoms with Crippen LogP contribution >= 0.6 is 11.8 Å². The fraction of sp³-hybridized carbons (Fsp3) is 0.429. The van der Waals surface area contributed by atoms with Gasteiger partial charge in [0.1, 0.15) is 5.56 Å². The number of nitrogens with zero attached hydrogens (tertiary/aromatic N) is 1. The van der Waals surface area contributed by atoms with Gasteiger partial charge >= 0.3 is 5.97 Å². The van der Waals surface area contributed by atoms with E-state index in [0.717, 1.165) is 5.75 Å². The van der Waals surface area contributed by atoms with E-state index in [2.05, 4.69) is 5.16 Å². The van der Waals surface area contributed by atoms with Crippen LogP contribution in [0.15, 0.2) is 10.7 Å². The molecule has 0 radical (unpaired) electrons. The van der Waals surface area contributed by atoms with Gasteiger partial charge in [0.15, 0.2) is 5.76 Å². The summed E-state index contributed by atoms with van der Waals surface area (Å²) < 4.78 is 4.78. The Kier molecular flexibility index (Phi) is 3.16. The van der Waals surface area contributed by atoms with Gasteiger partial charge in [-0.15, -0.1) is 0 Å². The molecule has 0 amide bonds. The van der Waals surface area contributed by atoms with Gasteiger partial charge in [0.2, 0.25) is 0 Å². The second kappa shape index (κ2) is 4.15. The van der Waals surface area contributed by atoms with E-state index in [1.807, 2.05) is 6.26 Å². The number of carboxylic acids is 1. The molecule has 0 aromatic carbocycles. The number of hydrogen-bond acceptors (Lipinski definition) is 4.